The van der Waals surface area contributed by atoms with Crippen LogP contribution in [0.5, 0.6) is 0 Å². The maximum absolute atomic E-state index is 11.5. The fraction of sp³-hybridized carbons (Fsp3) is 0.500. The Balaban J connectivity index is 2.37. The summed E-state index contributed by atoms with van der Waals surface area (Å²) in [7, 11) is 0. The summed E-state index contributed by atoms with van der Waals surface area (Å²) in [5.74, 6) is 0.0870. The van der Waals surface area contributed by atoms with Gasteiger partial charge in [-0.25, -0.2) is 9.97 Å². The number of aliphatic hydroxyl groups excluding tert-OH is 1. The maximum atomic E-state index is 11.5. The van der Waals surface area contributed by atoms with Crippen molar-refractivity contribution in [3.05, 3.63) is 24.3 Å². The third-order valence-electron chi connectivity index (χ3n) is 2.06. The largest absolute Gasteiger partial charge is 0.396 e. The van der Waals surface area contributed by atoms with Gasteiger partial charge in [-0.1, -0.05) is 6.92 Å². The molecule has 15 heavy (non-hydrogen) atoms. The van der Waals surface area contributed by atoms with Crippen LogP contribution in [0.3, 0.4) is 0 Å². The molecule has 0 saturated carbocycles. The van der Waals surface area contributed by atoms with Crippen molar-refractivity contribution in [3.8, 4) is 0 Å². The van der Waals surface area contributed by atoms with Crippen LogP contribution in [0.15, 0.2) is 18.7 Å². The van der Waals surface area contributed by atoms with E-state index in [1.165, 1.54) is 18.7 Å². The summed E-state index contributed by atoms with van der Waals surface area (Å²) >= 11 is 0. The topological polar surface area (TPSA) is 75.1 Å². The summed E-state index contributed by atoms with van der Waals surface area (Å²) in [5, 5.41) is 11.4. The van der Waals surface area contributed by atoms with Crippen molar-refractivity contribution in [2.75, 3.05) is 13.2 Å². The van der Waals surface area contributed by atoms with E-state index in [0.29, 0.717) is 18.5 Å². The standard InChI is InChI=1S/C10H15N3O2/c1-8(2-3-14)4-13-10(15)9-5-11-7-12-6-9/h5-8,14H,2-4H2,1H3,(H,13,15). The molecule has 0 spiro atoms. The van der Waals surface area contributed by atoms with E-state index in [1.807, 2.05) is 6.92 Å². The molecule has 0 saturated heterocycles. The Hall–Kier alpha value is -1.49. The molecule has 1 amide bonds. The van der Waals surface area contributed by atoms with Gasteiger partial charge in [-0.2, -0.15) is 0 Å². The minimum absolute atomic E-state index is 0.144. The Labute approximate surface area is 88.6 Å². The Morgan fingerprint density at radius 3 is 2.80 bits per heavy atom. The summed E-state index contributed by atoms with van der Waals surface area (Å²) in [6.07, 6.45) is 5.01. The van der Waals surface area contributed by atoms with E-state index in [4.69, 9.17) is 5.11 Å². The number of nitrogens with zero attached hydrogens (tertiary/aromatic N) is 2. The Morgan fingerprint density at radius 1 is 1.53 bits per heavy atom. The highest BCUT2D eigenvalue weighted by Crippen LogP contribution is 1.99. The summed E-state index contributed by atoms with van der Waals surface area (Å²) in [6, 6.07) is 0. The maximum Gasteiger partial charge on any atom is 0.254 e. The zero-order valence-corrected chi connectivity index (χ0v) is 8.68. The zero-order chi connectivity index (χ0) is 11.1. The van der Waals surface area contributed by atoms with Crippen LogP contribution in [-0.4, -0.2) is 34.1 Å². The molecule has 1 heterocycles. The normalized spacial score (nSPS) is 12.1. The highest BCUT2D eigenvalue weighted by molar-refractivity contribution is 5.93. The van der Waals surface area contributed by atoms with Crippen molar-refractivity contribution < 1.29 is 9.90 Å². The number of rotatable bonds is 5. The third kappa shape index (κ3) is 4.03. The highest BCUT2D eigenvalue weighted by Gasteiger charge is 2.07. The van der Waals surface area contributed by atoms with Gasteiger partial charge in [0.25, 0.3) is 5.91 Å². The van der Waals surface area contributed by atoms with E-state index in [0.717, 1.165) is 0 Å². The minimum atomic E-state index is -0.180. The van der Waals surface area contributed by atoms with E-state index in [2.05, 4.69) is 15.3 Å². The predicted octanol–water partition coefficient (Wildman–Crippen LogP) is 0.225. The summed E-state index contributed by atoms with van der Waals surface area (Å²) < 4.78 is 0. The first kappa shape index (κ1) is 11.6. The van der Waals surface area contributed by atoms with Crippen molar-refractivity contribution in [1.29, 1.82) is 0 Å². The van der Waals surface area contributed by atoms with Crippen molar-refractivity contribution in [2.45, 2.75) is 13.3 Å². The first-order valence-electron chi connectivity index (χ1n) is 4.88. The molecule has 5 heteroatoms. The molecule has 0 radical (unpaired) electrons. The molecule has 1 atom stereocenters. The molecule has 1 unspecified atom stereocenters. The average molecular weight is 209 g/mol. The lowest BCUT2D eigenvalue weighted by Crippen LogP contribution is -2.28. The number of hydrogen-bond donors (Lipinski definition) is 2. The summed E-state index contributed by atoms with van der Waals surface area (Å²) in [5.41, 5.74) is 0.452. The minimum Gasteiger partial charge on any atom is -0.396 e. The second-order valence-corrected chi connectivity index (χ2v) is 3.45. The van der Waals surface area contributed by atoms with Crippen molar-refractivity contribution >= 4 is 5.91 Å². The molecule has 5 nitrogen and oxygen atoms in total. The van der Waals surface area contributed by atoms with Crippen LogP contribution in [0.1, 0.15) is 23.7 Å². The Bertz CT molecular complexity index is 303. The predicted molar refractivity (Wildman–Crippen MR) is 55.2 cm³/mol. The molecule has 0 aliphatic heterocycles. The molecule has 0 fully saturated rings. The van der Waals surface area contributed by atoms with Gasteiger partial charge in [0.2, 0.25) is 0 Å². The fourth-order valence-electron chi connectivity index (χ4n) is 1.11. The van der Waals surface area contributed by atoms with Gasteiger partial charge < -0.3 is 10.4 Å². The van der Waals surface area contributed by atoms with Gasteiger partial charge >= 0.3 is 0 Å². The molecule has 0 aliphatic carbocycles. The molecule has 1 aromatic heterocycles. The molecule has 2 N–H and O–H groups in total. The van der Waals surface area contributed by atoms with E-state index in [1.54, 1.807) is 0 Å². The molecular formula is C10H15N3O2. The van der Waals surface area contributed by atoms with Gasteiger partial charge in [-0.15, -0.1) is 0 Å². The average Bonchev–Trinajstić information content (AvgIpc) is 2.27. The van der Waals surface area contributed by atoms with Gasteiger partial charge in [0.15, 0.2) is 0 Å². The number of amides is 1. The van der Waals surface area contributed by atoms with Gasteiger partial charge in [0, 0.05) is 25.5 Å². The molecule has 0 bridgehead atoms. The number of hydrogen-bond acceptors (Lipinski definition) is 4. The number of aliphatic hydroxyl groups is 1. The first-order valence-corrected chi connectivity index (χ1v) is 4.88. The SMILES string of the molecule is CC(CCO)CNC(=O)c1cncnc1. The van der Waals surface area contributed by atoms with Gasteiger partial charge in [0.05, 0.1) is 5.56 Å². The van der Waals surface area contributed by atoms with E-state index < -0.39 is 0 Å². The number of aromatic nitrogens is 2. The molecule has 0 aromatic carbocycles. The first-order chi connectivity index (χ1) is 7.24. The number of carbonyl (C=O) groups is 1. The van der Waals surface area contributed by atoms with E-state index >= 15 is 0 Å². The van der Waals surface area contributed by atoms with Crippen LogP contribution in [0, 0.1) is 5.92 Å². The number of nitrogens with one attached hydrogen (secondary N) is 1. The monoisotopic (exact) mass is 209 g/mol. The van der Waals surface area contributed by atoms with Crippen LogP contribution < -0.4 is 5.32 Å². The summed E-state index contributed by atoms with van der Waals surface area (Å²) in [6.45, 7) is 2.66. The van der Waals surface area contributed by atoms with E-state index in [-0.39, 0.29) is 18.4 Å². The van der Waals surface area contributed by atoms with Gasteiger partial charge in [-0.3, -0.25) is 4.79 Å². The fourth-order valence-corrected chi connectivity index (χ4v) is 1.11. The molecule has 0 aliphatic rings. The van der Waals surface area contributed by atoms with Crippen LogP contribution in [-0.2, 0) is 0 Å². The Morgan fingerprint density at radius 2 is 2.20 bits per heavy atom. The summed E-state index contributed by atoms with van der Waals surface area (Å²) in [4.78, 5) is 19.0. The lowest BCUT2D eigenvalue weighted by atomic mass is 10.1. The lowest BCUT2D eigenvalue weighted by Gasteiger charge is -2.10. The van der Waals surface area contributed by atoms with Crippen LogP contribution in [0.2, 0.25) is 0 Å². The van der Waals surface area contributed by atoms with Gasteiger partial charge in [0.1, 0.15) is 6.33 Å². The smallest absolute Gasteiger partial charge is 0.254 e. The zero-order valence-electron chi connectivity index (χ0n) is 8.68. The van der Waals surface area contributed by atoms with Crippen LogP contribution in [0.25, 0.3) is 0 Å². The third-order valence-corrected chi connectivity index (χ3v) is 2.06. The lowest BCUT2D eigenvalue weighted by molar-refractivity contribution is 0.0944. The van der Waals surface area contributed by atoms with Crippen molar-refractivity contribution in [3.63, 3.8) is 0 Å². The molecule has 1 rings (SSSR count). The second kappa shape index (κ2) is 6.08. The van der Waals surface area contributed by atoms with Crippen LogP contribution >= 0.6 is 0 Å². The van der Waals surface area contributed by atoms with Crippen LogP contribution in [0.4, 0.5) is 0 Å². The Kier molecular flexibility index (Phi) is 4.70. The molecule has 1 aromatic rings. The van der Waals surface area contributed by atoms with E-state index in [9.17, 15) is 4.79 Å². The highest BCUT2D eigenvalue weighted by atomic mass is 16.3. The van der Waals surface area contributed by atoms with Crippen molar-refractivity contribution in [1.82, 2.24) is 15.3 Å². The van der Waals surface area contributed by atoms with Gasteiger partial charge in [-0.05, 0) is 12.3 Å². The molecule has 82 valence electrons. The quantitative estimate of drug-likeness (QED) is 0.727. The molecular weight excluding hydrogens is 194 g/mol. The number of carbonyl (C=O) groups excluding carboxylic acids is 1. The van der Waals surface area contributed by atoms with Crippen molar-refractivity contribution in [2.24, 2.45) is 5.92 Å². The second-order valence-electron chi connectivity index (χ2n) is 3.45.